The third-order valence-corrected chi connectivity index (χ3v) is 4.07. The molecule has 1 fully saturated rings. The van der Waals surface area contributed by atoms with Gasteiger partial charge < -0.3 is 10.1 Å². The Labute approximate surface area is 107 Å². The van der Waals surface area contributed by atoms with Gasteiger partial charge in [0.1, 0.15) is 0 Å². The van der Waals surface area contributed by atoms with E-state index in [9.17, 15) is 0 Å². The summed E-state index contributed by atoms with van der Waals surface area (Å²) in [5.74, 6) is 1.39. The van der Waals surface area contributed by atoms with E-state index in [0.717, 1.165) is 19.6 Å². The molecule has 3 atom stereocenters. The average molecular weight is 242 g/mol. The van der Waals surface area contributed by atoms with Gasteiger partial charge in [0.05, 0.1) is 6.10 Å². The molecule has 0 amide bonds. The summed E-state index contributed by atoms with van der Waals surface area (Å²) in [5.41, 5.74) is 0. The zero-order chi connectivity index (χ0) is 12.8. The SMILES string of the molecule is CCNCC(C(C)C)N1CCC(C)C(OC)C1. The van der Waals surface area contributed by atoms with Crippen LogP contribution in [-0.2, 0) is 4.74 Å². The van der Waals surface area contributed by atoms with Crippen LogP contribution in [-0.4, -0.2) is 50.3 Å². The standard InChI is InChI=1S/C14H30N2O/c1-6-15-9-13(11(2)3)16-8-7-12(4)14(10-16)17-5/h11-15H,6-10H2,1-5H3. The quantitative estimate of drug-likeness (QED) is 0.771. The van der Waals surface area contributed by atoms with Gasteiger partial charge in [-0.25, -0.2) is 0 Å². The van der Waals surface area contributed by atoms with Crippen molar-refractivity contribution in [1.82, 2.24) is 10.2 Å². The van der Waals surface area contributed by atoms with Crippen molar-refractivity contribution in [3.63, 3.8) is 0 Å². The maximum atomic E-state index is 5.61. The first-order valence-corrected chi connectivity index (χ1v) is 7.07. The predicted octanol–water partition coefficient (Wildman–Crippen LogP) is 1.98. The summed E-state index contributed by atoms with van der Waals surface area (Å²) in [7, 11) is 1.85. The Morgan fingerprint density at radius 1 is 1.41 bits per heavy atom. The number of likely N-dealkylation sites (N-methyl/N-ethyl adjacent to an activating group) is 1. The Kier molecular flexibility index (Phi) is 6.45. The molecule has 3 unspecified atom stereocenters. The van der Waals surface area contributed by atoms with Crippen LogP contribution in [0, 0.1) is 11.8 Å². The Balaban J connectivity index is 2.55. The Morgan fingerprint density at radius 3 is 2.65 bits per heavy atom. The number of nitrogens with zero attached hydrogens (tertiary/aromatic N) is 1. The van der Waals surface area contributed by atoms with Crippen molar-refractivity contribution in [1.29, 1.82) is 0 Å². The van der Waals surface area contributed by atoms with Gasteiger partial charge in [-0.05, 0) is 31.3 Å². The molecule has 1 saturated heterocycles. The molecule has 0 aromatic heterocycles. The molecule has 0 aromatic rings. The third kappa shape index (κ3) is 4.23. The third-order valence-electron chi connectivity index (χ3n) is 4.07. The van der Waals surface area contributed by atoms with Crippen LogP contribution >= 0.6 is 0 Å². The lowest BCUT2D eigenvalue weighted by Gasteiger charge is -2.42. The first-order valence-electron chi connectivity index (χ1n) is 7.07. The highest BCUT2D eigenvalue weighted by Crippen LogP contribution is 2.23. The molecule has 0 radical (unpaired) electrons. The first-order chi connectivity index (χ1) is 8.10. The van der Waals surface area contributed by atoms with Crippen molar-refractivity contribution in [2.45, 2.75) is 46.3 Å². The molecule has 102 valence electrons. The van der Waals surface area contributed by atoms with Gasteiger partial charge in [-0.15, -0.1) is 0 Å². The van der Waals surface area contributed by atoms with Crippen molar-refractivity contribution in [2.24, 2.45) is 11.8 Å². The van der Waals surface area contributed by atoms with Gasteiger partial charge in [-0.1, -0.05) is 27.7 Å². The zero-order valence-electron chi connectivity index (χ0n) is 12.2. The summed E-state index contributed by atoms with van der Waals surface area (Å²) in [5, 5.41) is 3.49. The van der Waals surface area contributed by atoms with E-state index in [1.165, 1.54) is 13.0 Å². The second kappa shape index (κ2) is 7.34. The van der Waals surface area contributed by atoms with Crippen molar-refractivity contribution >= 4 is 0 Å². The molecule has 0 saturated carbocycles. The van der Waals surface area contributed by atoms with Crippen molar-refractivity contribution < 1.29 is 4.74 Å². The highest BCUT2D eigenvalue weighted by atomic mass is 16.5. The summed E-state index contributed by atoms with van der Waals surface area (Å²) in [6.07, 6.45) is 1.67. The maximum absolute atomic E-state index is 5.61. The van der Waals surface area contributed by atoms with Crippen LogP contribution in [0.3, 0.4) is 0 Å². The molecule has 0 aromatic carbocycles. The number of likely N-dealkylation sites (tertiary alicyclic amines) is 1. The lowest BCUT2D eigenvalue weighted by atomic mass is 9.92. The van der Waals surface area contributed by atoms with E-state index in [4.69, 9.17) is 4.74 Å². The number of methoxy groups -OCH3 is 1. The van der Waals surface area contributed by atoms with E-state index in [1.807, 2.05) is 7.11 Å². The first kappa shape index (κ1) is 14.9. The van der Waals surface area contributed by atoms with Gasteiger partial charge in [-0.2, -0.15) is 0 Å². The summed E-state index contributed by atoms with van der Waals surface area (Å²) in [6, 6.07) is 0.639. The summed E-state index contributed by atoms with van der Waals surface area (Å²) in [6.45, 7) is 13.6. The fraction of sp³-hybridized carbons (Fsp3) is 1.00. The average Bonchev–Trinajstić information content (AvgIpc) is 2.31. The molecule has 0 bridgehead atoms. The molecule has 3 heteroatoms. The molecule has 17 heavy (non-hydrogen) atoms. The minimum atomic E-state index is 0.409. The van der Waals surface area contributed by atoms with Crippen LogP contribution in [0.2, 0.25) is 0 Å². The van der Waals surface area contributed by atoms with Gasteiger partial charge in [-0.3, -0.25) is 4.90 Å². The van der Waals surface area contributed by atoms with Gasteiger partial charge in [0.2, 0.25) is 0 Å². The van der Waals surface area contributed by atoms with Crippen LogP contribution in [0.15, 0.2) is 0 Å². The topological polar surface area (TPSA) is 24.5 Å². The second-order valence-corrected chi connectivity index (χ2v) is 5.65. The van der Waals surface area contributed by atoms with Gasteiger partial charge in [0.25, 0.3) is 0 Å². The van der Waals surface area contributed by atoms with Crippen molar-refractivity contribution in [3.05, 3.63) is 0 Å². The Bertz CT molecular complexity index is 208. The molecule has 1 rings (SSSR count). The van der Waals surface area contributed by atoms with E-state index < -0.39 is 0 Å². The highest BCUT2D eigenvalue weighted by Gasteiger charge is 2.31. The second-order valence-electron chi connectivity index (χ2n) is 5.65. The molecule has 1 N–H and O–H groups in total. The number of ether oxygens (including phenoxy) is 1. The Hall–Kier alpha value is -0.120. The van der Waals surface area contributed by atoms with E-state index in [0.29, 0.717) is 24.0 Å². The van der Waals surface area contributed by atoms with Gasteiger partial charge in [0, 0.05) is 26.2 Å². The highest BCUT2D eigenvalue weighted by molar-refractivity contribution is 4.85. The van der Waals surface area contributed by atoms with Crippen LogP contribution in [0.25, 0.3) is 0 Å². The normalized spacial score (nSPS) is 28.6. The maximum Gasteiger partial charge on any atom is 0.0724 e. The monoisotopic (exact) mass is 242 g/mol. The minimum Gasteiger partial charge on any atom is -0.380 e. The summed E-state index contributed by atoms with van der Waals surface area (Å²) < 4.78 is 5.61. The smallest absolute Gasteiger partial charge is 0.0724 e. The van der Waals surface area contributed by atoms with E-state index in [1.54, 1.807) is 0 Å². The molecule has 1 aliphatic heterocycles. The molecular formula is C14H30N2O. The summed E-state index contributed by atoms with van der Waals surface area (Å²) in [4.78, 5) is 2.61. The number of hydrogen-bond donors (Lipinski definition) is 1. The largest absolute Gasteiger partial charge is 0.380 e. The van der Waals surface area contributed by atoms with Gasteiger partial charge >= 0.3 is 0 Å². The van der Waals surface area contributed by atoms with Crippen molar-refractivity contribution in [2.75, 3.05) is 33.3 Å². The van der Waals surface area contributed by atoms with Crippen LogP contribution in [0.4, 0.5) is 0 Å². The molecule has 1 aliphatic rings. The lowest BCUT2D eigenvalue weighted by Crippen LogP contribution is -2.53. The molecule has 1 heterocycles. The molecular weight excluding hydrogens is 212 g/mol. The Morgan fingerprint density at radius 2 is 2.12 bits per heavy atom. The minimum absolute atomic E-state index is 0.409. The van der Waals surface area contributed by atoms with Crippen LogP contribution in [0.1, 0.15) is 34.1 Å². The van der Waals surface area contributed by atoms with Crippen LogP contribution < -0.4 is 5.32 Å². The van der Waals surface area contributed by atoms with Gasteiger partial charge in [0.15, 0.2) is 0 Å². The number of nitrogens with one attached hydrogen (secondary N) is 1. The molecule has 0 spiro atoms. The summed E-state index contributed by atoms with van der Waals surface area (Å²) >= 11 is 0. The zero-order valence-corrected chi connectivity index (χ0v) is 12.2. The van der Waals surface area contributed by atoms with Crippen molar-refractivity contribution in [3.8, 4) is 0 Å². The van der Waals surface area contributed by atoms with E-state index in [-0.39, 0.29) is 0 Å². The van der Waals surface area contributed by atoms with Crippen LogP contribution in [0.5, 0.6) is 0 Å². The van der Waals surface area contributed by atoms with E-state index in [2.05, 4.69) is 37.9 Å². The lowest BCUT2D eigenvalue weighted by molar-refractivity contribution is -0.0254. The van der Waals surface area contributed by atoms with E-state index >= 15 is 0 Å². The predicted molar refractivity (Wildman–Crippen MR) is 73.3 cm³/mol. The molecule has 3 nitrogen and oxygen atoms in total. The number of piperidine rings is 1. The number of hydrogen-bond acceptors (Lipinski definition) is 3. The fourth-order valence-corrected chi connectivity index (χ4v) is 2.74. The fourth-order valence-electron chi connectivity index (χ4n) is 2.74. The number of rotatable bonds is 6. The molecule has 0 aliphatic carbocycles.